The lowest BCUT2D eigenvalue weighted by atomic mass is 10.0. The van der Waals surface area contributed by atoms with Crippen LogP contribution in [0, 0.1) is 0 Å². The first-order chi connectivity index (χ1) is 8.06. The smallest absolute Gasteiger partial charge is 0.354 e. The van der Waals surface area contributed by atoms with Gasteiger partial charge in [-0.3, -0.25) is 9.98 Å². The number of carbonyl (C=O) groups is 1. The lowest BCUT2D eigenvalue weighted by Crippen LogP contribution is -1.98. The second kappa shape index (κ2) is 5.75. The fourth-order valence-corrected chi connectivity index (χ4v) is 1.36. The first-order valence-electron chi connectivity index (χ1n) is 5.06. The summed E-state index contributed by atoms with van der Waals surface area (Å²) in [6, 6.07) is 3.64. The van der Waals surface area contributed by atoms with Crippen LogP contribution in [0.15, 0.2) is 46.9 Å². The van der Waals surface area contributed by atoms with E-state index in [0.29, 0.717) is 0 Å². The average molecular weight is 230 g/mol. The Bertz CT molecular complexity index is 483. The van der Waals surface area contributed by atoms with Crippen molar-refractivity contribution >= 4 is 18.3 Å². The quantitative estimate of drug-likeness (QED) is 0.491. The summed E-state index contributed by atoms with van der Waals surface area (Å²) in [5.41, 5.74) is 2.65. The summed E-state index contributed by atoms with van der Waals surface area (Å²) in [5.74, 6) is -1.09. The van der Waals surface area contributed by atoms with Crippen LogP contribution in [0.2, 0.25) is 0 Å². The third-order valence-electron chi connectivity index (χ3n) is 2.20. The lowest BCUT2D eigenvalue weighted by Gasteiger charge is -2.05. The van der Waals surface area contributed by atoms with Gasteiger partial charge >= 0.3 is 5.97 Å². The highest BCUT2D eigenvalue weighted by atomic mass is 16.4. The minimum absolute atomic E-state index is 0.0713. The number of rotatable bonds is 4. The fraction of sp³-hybridized carbons (Fsp3) is 0.154. The van der Waals surface area contributed by atoms with E-state index in [0.717, 1.165) is 16.7 Å². The number of hydrogen-bond acceptors (Lipinski definition) is 3. The van der Waals surface area contributed by atoms with E-state index in [1.165, 1.54) is 6.08 Å². The van der Waals surface area contributed by atoms with Crippen LogP contribution in [0.25, 0.3) is 5.57 Å². The van der Waals surface area contributed by atoms with E-state index in [1.54, 1.807) is 12.4 Å². The van der Waals surface area contributed by atoms with Gasteiger partial charge in [-0.15, -0.1) is 0 Å². The van der Waals surface area contributed by atoms with Crippen molar-refractivity contribution in [2.24, 2.45) is 4.99 Å². The molecule has 0 atom stereocenters. The highest BCUT2D eigenvalue weighted by molar-refractivity contribution is 5.92. The zero-order chi connectivity index (χ0) is 12.8. The number of hydrogen-bond donors (Lipinski definition) is 1. The maximum atomic E-state index is 10.9. The molecule has 0 aliphatic heterocycles. The molecule has 0 aliphatic rings. The molecule has 1 N–H and O–H groups in total. The Morgan fingerprint density at radius 3 is 2.41 bits per heavy atom. The van der Waals surface area contributed by atoms with Gasteiger partial charge in [0.05, 0.1) is 0 Å². The van der Waals surface area contributed by atoms with Crippen LogP contribution in [0.3, 0.4) is 0 Å². The minimum Gasteiger partial charge on any atom is -0.477 e. The highest BCUT2D eigenvalue weighted by Crippen LogP contribution is 2.21. The molecule has 1 aromatic heterocycles. The SMILES string of the molecule is C=N/C(=C\C(=C(C)C)c1ccncc1)C(=O)O. The predicted octanol–water partition coefficient (Wildman–Crippen LogP) is 2.54. The molecule has 4 nitrogen and oxygen atoms in total. The predicted molar refractivity (Wildman–Crippen MR) is 67.8 cm³/mol. The van der Waals surface area contributed by atoms with Crippen molar-refractivity contribution in [1.29, 1.82) is 0 Å². The van der Waals surface area contributed by atoms with Crippen molar-refractivity contribution in [1.82, 2.24) is 4.98 Å². The van der Waals surface area contributed by atoms with Crippen molar-refractivity contribution in [2.45, 2.75) is 13.8 Å². The zero-order valence-electron chi connectivity index (χ0n) is 9.84. The van der Waals surface area contributed by atoms with Crippen molar-refractivity contribution in [3.05, 3.63) is 47.4 Å². The van der Waals surface area contributed by atoms with Gasteiger partial charge in [0.15, 0.2) is 0 Å². The molecule has 0 saturated heterocycles. The standard InChI is InChI=1S/C13H14N2O2/c1-9(2)11(8-12(14-3)13(16)17)10-4-6-15-7-5-10/h4-8H,3H2,1-2H3,(H,16,17)/b12-8-. The number of carboxylic acids is 1. The van der Waals surface area contributed by atoms with E-state index in [9.17, 15) is 4.79 Å². The molecule has 4 heteroatoms. The average Bonchev–Trinajstić information content (AvgIpc) is 2.30. The topological polar surface area (TPSA) is 62.5 Å². The summed E-state index contributed by atoms with van der Waals surface area (Å²) in [6.07, 6.45) is 4.84. The third-order valence-corrected chi connectivity index (χ3v) is 2.20. The molecule has 0 spiro atoms. The number of aliphatic imine (C=N–C) groups is 1. The summed E-state index contributed by atoms with van der Waals surface area (Å²) < 4.78 is 0. The Balaban J connectivity index is 3.28. The van der Waals surface area contributed by atoms with Crippen molar-refractivity contribution < 1.29 is 9.90 Å². The van der Waals surface area contributed by atoms with Gasteiger partial charge in [0, 0.05) is 12.4 Å². The number of carboxylic acid groups (broad SMARTS) is 1. The van der Waals surface area contributed by atoms with Crippen LogP contribution in [-0.4, -0.2) is 22.8 Å². The summed E-state index contributed by atoms with van der Waals surface area (Å²) in [4.78, 5) is 18.3. The Morgan fingerprint density at radius 2 is 2.00 bits per heavy atom. The van der Waals surface area contributed by atoms with Gasteiger partial charge in [-0.05, 0) is 49.9 Å². The molecular formula is C13H14N2O2. The van der Waals surface area contributed by atoms with Crippen LogP contribution < -0.4 is 0 Å². The second-order valence-electron chi connectivity index (χ2n) is 3.64. The van der Waals surface area contributed by atoms with Gasteiger partial charge in [0.25, 0.3) is 0 Å². The van der Waals surface area contributed by atoms with Gasteiger partial charge in [-0.1, -0.05) is 5.57 Å². The van der Waals surface area contributed by atoms with E-state index < -0.39 is 5.97 Å². The van der Waals surface area contributed by atoms with Crippen molar-refractivity contribution in [2.75, 3.05) is 0 Å². The largest absolute Gasteiger partial charge is 0.477 e. The zero-order valence-corrected chi connectivity index (χ0v) is 9.84. The normalized spacial score (nSPS) is 10.8. The Hall–Kier alpha value is -2.23. The number of allylic oxidation sites excluding steroid dienone is 3. The van der Waals surface area contributed by atoms with Crippen LogP contribution >= 0.6 is 0 Å². The minimum atomic E-state index is -1.09. The molecule has 1 heterocycles. The van der Waals surface area contributed by atoms with E-state index >= 15 is 0 Å². The monoisotopic (exact) mass is 230 g/mol. The molecular weight excluding hydrogens is 216 g/mol. The van der Waals surface area contributed by atoms with E-state index in [-0.39, 0.29) is 5.70 Å². The first kappa shape index (κ1) is 12.8. The lowest BCUT2D eigenvalue weighted by molar-refractivity contribution is -0.132. The van der Waals surface area contributed by atoms with Crippen molar-refractivity contribution in [3.8, 4) is 0 Å². The van der Waals surface area contributed by atoms with E-state index in [1.807, 2.05) is 26.0 Å². The molecule has 0 bridgehead atoms. The van der Waals surface area contributed by atoms with E-state index in [2.05, 4.69) is 16.7 Å². The highest BCUT2D eigenvalue weighted by Gasteiger charge is 2.07. The van der Waals surface area contributed by atoms with Crippen LogP contribution in [0.1, 0.15) is 19.4 Å². The maximum absolute atomic E-state index is 10.9. The van der Waals surface area contributed by atoms with Gasteiger partial charge < -0.3 is 5.11 Å². The number of aliphatic carboxylic acids is 1. The molecule has 88 valence electrons. The summed E-state index contributed by atoms with van der Waals surface area (Å²) >= 11 is 0. The molecule has 1 rings (SSSR count). The molecule has 0 amide bonds. The molecule has 1 aromatic rings. The molecule has 0 aliphatic carbocycles. The van der Waals surface area contributed by atoms with Gasteiger partial charge in [-0.2, -0.15) is 0 Å². The molecule has 0 unspecified atom stereocenters. The molecule has 0 aromatic carbocycles. The second-order valence-corrected chi connectivity index (χ2v) is 3.64. The number of pyridine rings is 1. The molecule has 17 heavy (non-hydrogen) atoms. The number of nitrogens with zero attached hydrogens (tertiary/aromatic N) is 2. The molecule has 0 fully saturated rings. The molecule has 0 radical (unpaired) electrons. The van der Waals surface area contributed by atoms with Crippen LogP contribution in [0.4, 0.5) is 0 Å². The summed E-state index contributed by atoms with van der Waals surface area (Å²) in [7, 11) is 0. The van der Waals surface area contributed by atoms with Crippen molar-refractivity contribution in [3.63, 3.8) is 0 Å². The van der Waals surface area contributed by atoms with Crippen LogP contribution in [-0.2, 0) is 4.79 Å². The van der Waals surface area contributed by atoms with Gasteiger partial charge in [0.1, 0.15) is 5.70 Å². The summed E-state index contributed by atoms with van der Waals surface area (Å²) in [5, 5.41) is 8.91. The van der Waals surface area contributed by atoms with Gasteiger partial charge in [-0.25, -0.2) is 4.79 Å². The Labute approximate surface area is 100 Å². The summed E-state index contributed by atoms with van der Waals surface area (Å²) in [6.45, 7) is 7.08. The maximum Gasteiger partial charge on any atom is 0.354 e. The first-order valence-corrected chi connectivity index (χ1v) is 5.06. The fourth-order valence-electron chi connectivity index (χ4n) is 1.36. The Morgan fingerprint density at radius 1 is 1.41 bits per heavy atom. The van der Waals surface area contributed by atoms with Gasteiger partial charge in [0.2, 0.25) is 0 Å². The number of aromatic nitrogens is 1. The van der Waals surface area contributed by atoms with Crippen LogP contribution in [0.5, 0.6) is 0 Å². The van der Waals surface area contributed by atoms with E-state index in [4.69, 9.17) is 5.11 Å². The third kappa shape index (κ3) is 3.38. The molecule has 0 saturated carbocycles. The Kier molecular flexibility index (Phi) is 4.34.